The second kappa shape index (κ2) is 5.98. The van der Waals surface area contributed by atoms with Gasteiger partial charge in [-0.25, -0.2) is 8.42 Å². The van der Waals surface area contributed by atoms with Crippen molar-refractivity contribution >= 4 is 26.9 Å². The number of rotatable bonds is 4. The lowest BCUT2D eigenvalue weighted by Crippen LogP contribution is -2.46. The predicted octanol–water partition coefficient (Wildman–Crippen LogP) is 2.03. The maximum atomic E-state index is 12.4. The van der Waals surface area contributed by atoms with Gasteiger partial charge >= 0.3 is 0 Å². The van der Waals surface area contributed by atoms with Gasteiger partial charge in [-0.2, -0.15) is 4.31 Å². The van der Waals surface area contributed by atoms with Crippen LogP contribution in [0.3, 0.4) is 0 Å². The largest absolute Gasteiger partial charge is 0.459 e. The quantitative estimate of drug-likeness (QED) is 0.926. The number of hydrogen-bond donors (Lipinski definition) is 1. The van der Waals surface area contributed by atoms with Gasteiger partial charge in [0, 0.05) is 11.9 Å². The highest BCUT2D eigenvalue weighted by Gasteiger charge is 2.37. The Hall–Kier alpha value is -1.86. The Bertz CT molecular complexity index is 794. The molecule has 0 spiro atoms. The summed E-state index contributed by atoms with van der Waals surface area (Å²) in [6.45, 7) is 2.23. The minimum absolute atomic E-state index is 0.277. The first-order chi connectivity index (χ1) is 10.9. The molecule has 1 saturated heterocycles. The molecule has 1 fully saturated rings. The summed E-state index contributed by atoms with van der Waals surface area (Å²) >= 11 is 0. The molecule has 1 aliphatic rings. The van der Waals surface area contributed by atoms with Gasteiger partial charge in [-0.3, -0.25) is 4.79 Å². The number of nitrogens with one attached hydrogen (secondary N) is 1. The number of fused-ring (bicyclic) bond motifs is 1. The Morgan fingerprint density at radius 3 is 2.83 bits per heavy atom. The second-order valence-electron chi connectivity index (χ2n) is 5.95. The van der Waals surface area contributed by atoms with Gasteiger partial charge in [0.15, 0.2) is 0 Å². The number of nitrogens with zero attached hydrogens (tertiary/aromatic N) is 1. The number of carbonyl (C=O) groups is 1. The molecule has 6 nitrogen and oxygen atoms in total. The van der Waals surface area contributed by atoms with Crippen molar-refractivity contribution in [1.29, 1.82) is 0 Å². The van der Waals surface area contributed by atoms with Crippen LogP contribution in [-0.2, 0) is 14.8 Å². The summed E-state index contributed by atoms with van der Waals surface area (Å²) in [4.78, 5) is 12.4. The lowest BCUT2D eigenvalue weighted by atomic mass is 10.2. The molecule has 0 aliphatic carbocycles. The maximum absolute atomic E-state index is 12.4. The van der Waals surface area contributed by atoms with E-state index in [9.17, 15) is 13.2 Å². The van der Waals surface area contributed by atoms with Crippen molar-refractivity contribution in [3.05, 3.63) is 36.1 Å². The van der Waals surface area contributed by atoms with Crippen molar-refractivity contribution in [3.8, 4) is 0 Å². The van der Waals surface area contributed by atoms with Crippen LogP contribution in [0.4, 0.5) is 0 Å². The highest BCUT2D eigenvalue weighted by molar-refractivity contribution is 7.88. The minimum atomic E-state index is -3.37. The number of sulfonamides is 1. The van der Waals surface area contributed by atoms with Crippen molar-refractivity contribution in [3.63, 3.8) is 0 Å². The van der Waals surface area contributed by atoms with E-state index >= 15 is 0 Å². The van der Waals surface area contributed by atoms with Crippen LogP contribution in [0.25, 0.3) is 11.0 Å². The van der Waals surface area contributed by atoms with Gasteiger partial charge in [-0.05, 0) is 31.9 Å². The fraction of sp³-hybridized carbons (Fsp3) is 0.438. The first kappa shape index (κ1) is 16.0. The molecule has 0 radical (unpaired) electrons. The van der Waals surface area contributed by atoms with Gasteiger partial charge in [0.05, 0.1) is 12.3 Å². The van der Waals surface area contributed by atoms with Gasteiger partial charge in [-0.15, -0.1) is 0 Å². The normalized spacial score (nSPS) is 20.7. The third kappa shape index (κ3) is 3.25. The molecule has 124 valence electrons. The van der Waals surface area contributed by atoms with E-state index in [2.05, 4.69) is 5.32 Å². The van der Waals surface area contributed by atoms with E-state index in [1.54, 1.807) is 0 Å². The molecule has 1 amide bonds. The van der Waals surface area contributed by atoms with E-state index in [0.717, 1.165) is 17.2 Å². The molecular formula is C16H20N2O4S. The summed E-state index contributed by atoms with van der Waals surface area (Å²) in [6, 6.07) is 8.57. The van der Waals surface area contributed by atoms with Gasteiger partial charge < -0.3 is 9.73 Å². The van der Waals surface area contributed by atoms with E-state index < -0.39 is 16.1 Å². The Balaban J connectivity index is 1.74. The molecule has 0 unspecified atom stereocenters. The van der Waals surface area contributed by atoms with Gasteiger partial charge in [0.2, 0.25) is 15.9 Å². The molecule has 23 heavy (non-hydrogen) atoms. The second-order valence-corrected chi connectivity index (χ2v) is 7.88. The molecule has 0 saturated carbocycles. The monoisotopic (exact) mass is 336 g/mol. The number of furan rings is 1. The molecule has 3 rings (SSSR count). The summed E-state index contributed by atoms with van der Waals surface area (Å²) < 4.78 is 30.5. The van der Waals surface area contributed by atoms with Crippen LogP contribution in [0.15, 0.2) is 34.7 Å². The zero-order valence-electron chi connectivity index (χ0n) is 13.2. The van der Waals surface area contributed by atoms with Crippen LogP contribution in [0.1, 0.15) is 31.6 Å². The Kier molecular flexibility index (Phi) is 4.16. The third-order valence-electron chi connectivity index (χ3n) is 4.16. The zero-order valence-corrected chi connectivity index (χ0v) is 14.0. The number of para-hydroxylation sites is 1. The van der Waals surface area contributed by atoms with E-state index in [0.29, 0.717) is 25.1 Å². The Labute approximate surface area is 135 Å². The average Bonchev–Trinajstić information content (AvgIpc) is 3.13. The predicted molar refractivity (Wildman–Crippen MR) is 87.3 cm³/mol. The number of hydrogen-bond acceptors (Lipinski definition) is 4. The SMILES string of the molecule is C[C@H](NC(=O)[C@@H]1CCCN1S(C)(=O)=O)c1cc2ccccc2o1. The molecule has 0 bridgehead atoms. The van der Waals surface area contributed by atoms with E-state index in [1.807, 2.05) is 37.3 Å². The maximum Gasteiger partial charge on any atom is 0.239 e. The fourth-order valence-corrected chi connectivity index (χ4v) is 4.12. The van der Waals surface area contributed by atoms with E-state index in [-0.39, 0.29) is 11.9 Å². The minimum Gasteiger partial charge on any atom is -0.459 e. The van der Waals surface area contributed by atoms with Crippen LogP contribution < -0.4 is 5.32 Å². The molecule has 1 aromatic heterocycles. The summed E-state index contributed by atoms with van der Waals surface area (Å²) in [6.07, 6.45) is 2.39. The highest BCUT2D eigenvalue weighted by atomic mass is 32.2. The molecular weight excluding hydrogens is 316 g/mol. The molecule has 1 N–H and O–H groups in total. The summed E-state index contributed by atoms with van der Waals surface area (Å²) in [7, 11) is -3.37. The van der Waals surface area contributed by atoms with Crippen LogP contribution in [0.5, 0.6) is 0 Å². The topological polar surface area (TPSA) is 79.6 Å². The summed E-state index contributed by atoms with van der Waals surface area (Å²) in [5, 5.41) is 3.84. The van der Waals surface area contributed by atoms with Crippen LogP contribution in [0.2, 0.25) is 0 Å². The average molecular weight is 336 g/mol. The van der Waals surface area contributed by atoms with E-state index in [4.69, 9.17) is 4.42 Å². The van der Waals surface area contributed by atoms with Crippen LogP contribution >= 0.6 is 0 Å². The van der Waals surface area contributed by atoms with Crippen LogP contribution in [0, 0.1) is 0 Å². The molecule has 1 aliphatic heterocycles. The first-order valence-electron chi connectivity index (χ1n) is 7.62. The molecule has 7 heteroatoms. The third-order valence-corrected chi connectivity index (χ3v) is 5.45. The van der Waals surface area contributed by atoms with Gasteiger partial charge in [0.25, 0.3) is 0 Å². The number of benzene rings is 1. The van der Waals surface area contributed by atoms with Crippen molar-refractivity contribution in [1.82, 2.24) is 9.62 Å². The van der Waals surface area contributed by atoms with Crippen molar-refractivity contribution in [2.75, 3.05) is 12.8 Å². The van der Waals surface area contributed by atoms with Crippen molar-refractivity contribution < 1.29 is 17.6 Å². The molecule has 2 aromatic rings. The molecule has 1 aromatic carbocycles. The first-order valence-corrected chi connectivity index (χ1v) is 9.47. The highest BCUT2D eigenvalue weighted by Crippen LogP contribution is 2.25. The Morgan fingerprint density at radius 2 is 2.13 bits per heavy atom. The zero-order chi connectivity index (χ0) is 16.6. The van der Waals surface area contributed by atoms with Crippen molar-refractivity contribution in [2.24, 2.45) is 0 Å². The number of amides is 1. The number of carbonyl (C=O) groups excluding carboxylic acids is 1. The van der Waals surface area contributed by atoms with Crippen molar-refractivity contribution in [2.45, 2.75) is 31.8 Å². The smallest absolute Gasteiger partial charge is 0.239 e. The van der Waals surface area contributed by atoms with E-state index in [1.165, 1.54) is 4.31 Å². The van der Waals surface area contributed by atoms with Crippen LogP contribution in [-0.4, -0.2) is 37.5 Å². The summed E-state index contributed by atoms with van der Waals surface area (Å²) in [5.74, 6) is 0.379. The fourth-order valence-electron chi connectivity index (χ4n) is 3.00. The lowest BCUT2D eigenvalue weighted by molar-refractivity contribution is -0.125. The van der Waals surface area contributed by atoms with Gasteiger partial charge in [-0.1, -0.05) is 18.2 Å². The van der Waals surface area contributed by atoms with Gasteiger partial charge in [0.1, 0.15) is 17.4 Å². The molecule has 2 atom stereocenters. The lowest BCUT2D eigenvalue weighted by Gasteiger charge is -2.22. The standard InChI is InChI=1S/C16H20N2O4S/c1-11(15-10-12-6-3-4-8-14(12)22-15)17-16(19)13-7-5-9-18(13)23(2,20)21/h3-4,6,8,10-11,13H,5,7,9H2,1-2H3,(H,17,19)/t11-,13-/m0/s1. The Morgan fingerprint density at radius 1 is 1.39 bits per heavy atom. The molecule has 2 heterocycles. The summed E-state index contributed by atoms with van der Waals surface area (Å²) in [5.41, 5.74) is 0.766.